The van der Waals surface area contributed by atoms with Crippen LogP contribution in [0, 0.1) is 0 Å². The lowest BCUT2D eigenvalue weighted by Crippen LogP contribution is -2.25. The molecule has 0 aliphatic rings. The molecule has 31 heavy (non-hydrogen) atoms. The summed E-state index contributed by atoms with van der Waals surface area (Å²) < 4.78 is 5.23. The van der Waals surface area contributed by atoms with Crippen molar-refractivity contribution in [2.75, 3.05) is 12.0 Å². The topological polar surface area (TPSA) is 74.0 Å². The van der Waals surface area contributed by atoms with Gasteiger partial charge in [0.2, 0.25) is 0 Å². The lowest BCUT2D eigenvalue weighted by molar-refractivity contribution is 0.0999. The summed E-state index contributed by atoms with van der Waals surface area (Å²) in [7, 11) is 1.64. The molecule has 0 saturated carbocycles. The first-order chi connectivity index (χ1) is 15.2. The lowest BCUT2D eigenvalue weighted by atomic mass is 10.1. The van der Waals surface area contributed by atoms with E-state index in [9.17, 15) is 4.79 Å². The van der Waals surface area contributed by atoms with Crippen LogP contribution in [-0.2, 0) is 0 Å². The number of ether oxygens (including phenoxy) is 1. The van der Waals surface area contributed by atoms with Gasteiger partial charge in [-0.25, -0.2) is 4.98 Å². The average Bonchev–Trinajstić information content (AvgIpc) is 3.50. The molecule has 3 aromatic carbocycles. The number of carbonyl (C=O) groups is 1. The van der Waals surface area contributed by atoms with Crippen molar-refractivity contribution in [1.82, 2.24) is 15.0 Å². The number of hydrogen-bond donors (Lipinski definition) is 2. The normalized spacial score (nSPS) is 10.9. The summed E-state index contributed by atoms with van der Waals surface area (Å²) in [6.45, 7) is 0. The van der Waals surface area contributed by atoms with Crippen LogP contribution in [-0.4, -0.2) is 28.0 Å². The van der Waals surface area contributed by atoms with Crippen LogP contribution in [0.2, 0.25) is 0 Å². The minimum absolute atomic E-state index is 0.102. The second-order valence-corrected chi connectivity index (χ2v) is 7.09. The van der Waals surface area contributed by atoms with Crippen molar-refractivity contribution in [1.29, 1.82) is 0 Å². The quantitative estimate of drug-likeness (QED) is 0.401. The molecule has 0 aliphatic heterocycles. The molecule has 5 rings (SSSR count). The van der Waals surface area contributed by atoms with Crippen molar-refractivity contribution < 1.29 is 9.53 Å². The van der Waals surface area contributed by atoms with Crippen molar-refractivity contribution in [3.05, 3.63) is 96.8 Å². The maximum Gasteiger partial charge on any atom is 0.262 e. The molecule has 2 heterocycles. The Balaban J connectivity index is 1.56. The third-order valence-corrected chi connectivity index (χ3v) is 5.15. The molecule has 6 heteroatoms. The molecule has 0 atom stereocenters. The number of aromatic nitrogens is 3. The van der Waals surface area contributed by atoms with Crippen molar-refractivity contribution in [2.45, 2.75) is 0 Å². The third-order valence-electron chi connectivity index (χ3n) is 5.15. The highest BCUT2D eigenvalue weighted by atomic mass is 16.5. The molecular formula is C25H20N4O2. The van der Waals surface area contributed by atoms with Crippen molar-refractivity contribution >= 4 is 28.3 Å². The van der Waals surface area contributed by atoms with Crippen LogP contribution in [0.15, 0.2) is 91.3 Å². The van der Waals surface area contributed by atoms with E-state index in [1.54, 1.807) is 24.4 Å². The van der Waals surface area contributed by atoms with Crippen molar-refractivity contribution in [3.8, 4) is 17.1 Å². The Hall–Kier alpha value is -4.32. The van der Waals surface area contributed by atoms with Gasteiger partial charge >= 0.3 is 0 Å². The number of rotatable bonds is 5. The molecule has 2 aromatic heterocycles. The first-order valence-corrected chi connectivity index (χ1v) is 9.89. The number of fused-ring (bicyclic) bond motifs is 1. The van der Waals surface area contributed by atoms with Gasteiger partial charge < -0.3 is 14.7 Å². The Morgan fingerprint density at radius 1 is 0.935 bits per heavy atom. The molecular weight excluding hydrogens is 388 g/mol. The molecule has 0 radical (unpaired) electrons. The van der Waals surface area contributed by atoms with E-state index in [-0.39, 0.29) is 5.91 Å². The minimum atomic E-state index is -0.102. The summed E-state index contributed by atoms with van der Waals surface area (Å²) >= 11 is 0. The van der Waals surface area contributed by atoms with E-state index in [1.807, 2.05) is 78.9 Å². The van der Waals surface area contributed by atoms with E-state index in [2.05, 4.69) is 9.97 Å². The summed E-state index contributed by atoms with van der Waals surface area (Å²) in [4.78, 5) is 26.1. The molecule has 5 aromatic rings. The second-order valence-electron chi connectivity index (χ2n) is 7.09. The van der Waals surface area contributed by atoms with E-state index < -0.39 is 0 Å². The standard InChI is InChI=1S/C25H20N4O2/c1-31-21-10-7-17(8-11-21)24-27-22-12-9-19(15-23(22)28-24)29(20-13-14-26-16-20)25(30)18-5-3-2-4-6-18/h2-16,26H,1H3,(H,27,28). The van der Waals surface area contributed by atoms with Gasteiger partial charge in [-0.05, 0) is 60.7 Å². The van der Waals surface area contributed by atoms with Gasteiger partial charge in [-0.2, -0.15) is 0 Å². The predicted octanol–water partition coefficient (Wildman–Crippen LogP) is 5.55. The van der Waals surface area contributed by atoms with Crippen molar-refractivity contribution in [3.63, 3.8) is 0 Å². The Bertz CT molecular complexity index is 1320. The van der Waals surface area contributed by atoms with E-state index in [4.69, 9.17) is 9.72 Å². The van der Waals surface area contributed by atoms with E-state index in [0.717, 1.165) is 39.5 Å². The molecule has 0 saturated heterocycles. The number of nitrogens with one attached hydrogen (secondary N) is 2. The summed E-state index contributed by atoms with van der Waals surface area (Å²) in [6.07, 6.45) is 3.61. The van der Waals surface area contributed by atoms with E-state index >= 15 is 0 Å². The van der Waals surface area contributed by atoms with E-state index in [0.29, 0.717) is 5.56 Å². The highest BCUT2D eigenvalue weighted by Gasteiger charge is 2.21. The van der Waals surface area contributed by atoms with Gasteiger partial charge in [0.1, 0.15) is 11.6 Å². The summed E-state index contributed by atoms with van der Waals surface area (Å²) in [5.74, 6) is 1.45. The molecule has 0 bridgehead atoms. The highest BCUT2D eigenvalue weighted by Crippen LogP contribution is 2.31. The summed E-state index contributed by atoms with van der Waals surface area (Å²) in [5.41, 5.74) is 4.78. The second kappa shape index (κ2) is 7.84. The predicted molar refractivity (Wildman–Crippen MR) is 122 cm³/mol. The van der Waals surface area contributed by atoms with Gasteiger partial charge in [-0.15, -0.1) is 0 Å². The van der Waals surface area contributed by atoms with Crippen LogP contribution in [0.3, 0.4) is 0 Å². The molecule has 6 nitrogen and oxygen atoms in total. The van der Waals surface area contributed by atoms with E-state index in [1.165, 1.54) is 0 Å². The zero-order valence-electron chi connectivity index (χ0n) is 16.9. The Kier molecular flexibility index (Phi) is 4.72. The number of amides is 1. The SMILES string of the molecule is COc1ccc(-c2nc3ccc(N(C(=O)c4ccccc4)c4cc[nH]c4)cc3[nH]2)cc1. The number of nitrogens with zero attached hydrogens (tertiary/aromatic N) is 2. The summed E-state index contributed by atoms with van der Waals surface area (Å²) in [5, 5.41) is 0. The average molecular weight is 408 g/mol. The fourth-order valence-corrected chi connectivity index (χ4v) is 3.57. The maximum absolute atomic E-state index is 13.3. The minimum Gasteiger partial charge on any atom is -0.497 e. The van der Waals surface area contributed by atoms with Crippen LogP contribution in [0.1, 0.15) is 10.4 Å². The Labute approximate surface area is 179 Å². The van der Waals surface area contributed by atoms with Gasteiger partial charge in [0.05, 0.1) is 29.5 Å². The smallest absolute Gasteiger partial charge is 0.262 e. The fraction of sp³-hybridized carbons (Fsp3) is 0.0400. The molecule has 2 N–H and O–H groups in total. The number of anilines is 2. The van der Waals surface area contributed by atoms with Crippen LogP contribution in [0.4, 0.5) is 11.4 Å². The van der Waals surface area contributed by atoms with Gasteiger partial charge in [-0.3, -0.25) is 9.69 Å². The molecule has 0 aliphatic carbocycles. The summed E-state index contributed by atoms with van der Waals surface area (Å²) in [6, 6.07) is 24.6. The first-order valence-electron chi connectivity index (χ1n) is 9.89. The molecule has 152 valence electrons. The molecule has 0 spiro atoms. The van der Waals surface area contributed by atoms with Crippen LogP contribution >= 0.6 is 0 Å². The molecule has 1 amide bonds. The number of aromatic amines is 2. The van der Waals surface area contributed by atoms with Crippen LogP contribution in [0.25, 0.3) is 22.4 Å². The fourth-order valence-electron chi connectivity index (χ4n) is 3.57. The number of benzene rings is 3. The van der Waals surface area contributed by atoms with Gasteiger partial charge in [-0.1, -0.05) is 18.2 Å². The van der Waals surface area contributed by atoms with Crippen molar-refractivity contribution in [2.24, 2.45) is 0 Å². The number of imidazole rings is 1. The largest absolute Gasteiger partial charge is 0.497 e. The molecule has 0 unspecified atom stereocenters. The number of H-pyrrole nitrogens is 2. The lowest BCUT2D eigenvalue weighted by Gasteiger charge is -2.21. The third kappa shape index (κ3) is 3.55. The zero-order chi connectivity index (χ0) is 21.2. The maximum atomic E-state index is 13.3. The van der Waals surface area contributed by atoms with Gasteiger partial charge in [0.15, 0.2) is 0 Å². The number of carbonyl (C=O) groups excluding carboxylic acids is 1. The molecule has 0 fully saturated rings. The Morgan fingerprint density at radius 3 is 2.45 bits per heavy atom. The number of methoxy groups -OCH3 is 1. The van der Waals surface area contributed by atoms with Gasteiger partial charge in [0, 0.05) is 23.5 Å². The zero-order valence-corrected chi connectivity index (χ0v) is 16.9. The Morgan fingerprint density at radius 2 is 1.74 bits per heavy atom. The number of hydrogen-bond acceptors (Lipinski definition) is 3. The van der Waals surface area contributed by atoms with Crippen LogP contribution < -0.4 is 9.64 Å². The van der Waals surface area contributed by atoms with Gasteiger partial charge in [0.25, 0.3) is 5.91 Å². The highest BCUT2D eigenvalue weighted by molar-refractivity contribution is 6.11. The first kappa shape index (κ1) is 18.7. The monoisotopic (exact) mass is 408 g/mol. The van der Waals surface area contributed by atoms with Crippen LogP contribution in [0.5, 0.6) is 5.75 Å².